The monoisotopic (exact) mass is 209 g/mol. The van der Waals surface area contributed by atoms with Crippen LogP contribution in [0, 0.1) is 16.7 Å². The lowest BCUT2D eigenvalue weighted by Gasteiger charge is -2.23. The Bertz CT molecular complexity index is 288. The first-order valence-corrected chi connectivity index (χ1v) is 5.34. The number of nitrogens with zero attached hydrogens (tertiary/aromatic N) is 1. The van der Waals surface area contributed by atoms with Gasteiger partial charge in [-0.25, -0.2) is 4.79 Å². The molecular formula is C12H19NO2. The van der Waals surface area contributed by atoms with Crippen molar-refractivity contribution < 1.29 is 9.53 Å². The largest absolute Gasteiger partial charge is 0.465 e. The van der Waals surface area contributed by atoms with E-state index in [2.05, 4.69) is 6.07 Å². The Balaban J connectivity index is 5.15. The van der Waals surface area contributed by atoms with Crippen molar-refractivity contribution in [1.82, 2.24) is 0 Å². The molecule has 0 spiro atoms. The Hall–Kier alpha value is -1.30. The Labute approximate surface area is 91.7 Å². The van der Waals surface area contributed by atoms with Crippen molar-refractivity contribution in [1.29, 1.82) is 5.26 Å². The molecule has 3 nitrogen and oxygen atoms in total. The van der Waals surface area contributed by atoms with Crippen LogP contribution < -0.4 is 0 Å². The van der Waals surface area contributed by atoms with E-state index in [4.69, 9.17) is 4.74 Å². The molecule has 0 aliphatic carbocycles. The summed E-state index contributed by atoms with van der Waals surface area (Å²) in [5.74, 6) is -0.433. The van der Waals surface area contributed by atoms with Gasteiger partial charge in [-0.1, -0.05) is 19.9 Å². The van der Waals surface area contributed by atoms with Gasteiger partial charge >= 0.3 is 5.97 Å². The van der Waals surface area contributed by atoms with Gasteiger partial charge in [0.05, 0.1) is 12.7 Å². The zero-order valence-electron chi connectivity index (χ0n) is 9.96. The summed E-state index contributed by atoms with van der Waals surface area (Å²) in [6.07, 6.45) is 3.17. The van der Waals surface area contributed by atoms with Gasteiger partial charge in [0.1, 0.15) is 0 Å². The molecule has 0 radical (unpaired) electrons. The molecule has 0 amide bonds. The van der Waals surface area contributed by atoms with Crippen molar-refractivity contribution >= 4 is 5.97 Å². The predicted molar refractivity (Wildman–Crippen MR) is 59.0 cm³/mol. The molecule has 0 N–H and O–H groups in total. The molecule has 0 heterocycles. The van der Waals surface area contributed by atoms with E-state index in [0.29, 0.717) is 13.0 Å². The maximum atomic E-state index is 11.8. The van der Waals surface area contributed by atoms with Gasteiger partial charge in [-0.05, 0) is 32.3 Å². The Morgan fingerprint density at radius 2 is 2.07 bits per heavy atom. The summed E-state index contributed by atoms with van der Waals surface area (Å²) in [6, 6.07) is 2.09. The van der Waals surface area contributed by atoms with Gasteiger partial charge in [0.2, 0.25) is 0 Å². The minimum absolute atomic E-state index is 0.307. The van der Waals surface area contributed by atoms with Crippen LogP contribution in [0.3, 0.4) is 0 Å². The van der Waals surface area contributed by atoms with Gasteiger partial charge < -0.3 is 4.74 Å². The lowest BCUT2D eigenvalue weighted by atomic mass is 9.79. The van der Waals surface area contributed by atoms with E-state index in [1.807, 2.05) is 26.8 Å². The third kappa shape index (κ3) is 2.82. The molecule has 0 aromatic rings. The quantitative estimate of drug-likeness (QED) is 0.516. The molecule has 84 valence electrons. The van der Waals surface area contributed by atoms with Gasteiger partial charge in [-0.3, -0.25) is 0 Å². The van der Waals surface area contributed by atoms with Crippen LogP contribution in [0.4, 0.5) is 0 Å². The first-order chi connectivity index (χ1) is 7.08. The van der Waals surface area contributed by atoms with Gasteiger partial charge in [-0.15, -0.1) is 0 Å². The smallest absolute Gasteiger partial charge is 0.330 e. The fraction of sp³-hybridized carbons (Fsp3) is 0.667. The number of nitriles is 1. The van der Waals surface area contributed by atoms with Crippen molar-refractivity contribution in [3.8, 4) is 6.07 Å². The zero-order chi connectivity index (χ0) is 11.9. The molecule has 0 bridgehead atoms. The average Bonchev–Trinajstić information content (AvgIpc) is 2.21. The van der Waals surface area contributed by atoms with Crippen molar-refractivity contribution in [2.45, 2.75) is 40.5 Å². The second kappa shape index (κ2) is 6.23. The lowest BCUT2D eigenvalue weighted by molar-refractivity contribution is -0.150. The molecule has 0 aromatic carbocycles. The summed E-state index contributed by atoms with van der Waals surface area (Å²) in [7, 11) is 0. The fourth-order valence-electron chi connectivity index (χ4n) is 1.53. The normalized spacial score (nSPS) is 15.3. The number of ether oxygens (including phenoxy) is 1. The molecule has 0 aliphatic rings. The number of hydrogen-bond donors (Lipinski definition) is 0. The molecule has 0 saturated heterocycles. The highest BCUT2D eigenvalue weighted by Gasteiger charge is 2.40. The van der Waals surface area contributed by atoms with Crippen LogP contribution in [-0.2, 0) is 9.53 Å². The van der Waals surface area contributed by atoms with E-state index in [1.165, 1.54) is 0 Å². The summed E-state index contributed by atoms with van der Waals surface area (Å²) < 4.78 is 4.95. The molecule has 0 unspecified atom stereocenters. The van der Waals surface area contributed by atoms with Crippen LogP contribution in [0.15, 0.2) is 11.6 Å². The van der Waals surface area contributed by atoms with Gasteiger partial charge in [0, 0.05) is 0 Å². The summed E-state index contributed by atoms with van der Waals surface area (Å²) in [4.78, 5) is 11.8. The highest BCUT2D eigenvalue weighted by molar-refractivity contribution is 5.83. The van der Waals surface area contributed by atoms with Crippen molar-refractivity contribution in [2.75, 3.05) is 6.61 Å². The third-order valence-corrected chi connectivity index (χ3v) is 2.53. The van der Waals surface area contributed by atoms with Crippen LogP contribution in [0.2, 0.25) is 0 Å². The topological polar surface area (TPSA) is 50.1 Å². The molecular weight excluding hydrogens is 190 g/mol. The molecule has 1 atom stereocenters. The number of rotatable bonds is 5. The highest BCUT2D eigenvalue weighted by atomic mass is 16.5. The first-order valence-electron chi connectivity index (χ1n) is 5.34. The fourth-order valence-corrected chi connectivity index (χ4v) is 1.53. The number of carbonyl (C=O) groups excluding carboxylic acids is 1. The number of carbonyl (C=O) groups is 1. The van der Waals surface area contributed by atoms with E-state index in [1.54, 1.807) is 6.92 Å². The number of allylic oxidation sites excluding steroid dienone is 1. The second-order valence-corrected chi connectivity index (χ2v) is 3.39. The van der Waals surface area contributed by atoms with Crippen LogP contribution in [-0.4, -0.2) is 12.6 Å². The zero-order valence-corrected chi connectivity index (χ0v) is 9.96. The lowest BCUT2D eigenvalue weighted by Crippen LogP contribution is -2.32. The first kappa shape index (κ1) is 13.7. The van der Waals surface area contributed by atoms with E-state index < -0.39 is 11.4 Å². The molecule has 15 heavy (non-hydrogen) atoms. The maximum absolute atomic E-state index is 11.8. The summed E-state index contributed by atoms with van der Waals surface area (Å²) in [5, 5.41) is 9.18. The van der Waals surface area contributed by atoms with Gasteiger partial charge in [0.25, 0.3) is 0 Å². The summed E-state index contributed by atoms with van der Waals surface area (Å²) >= 11 is 0. The van der Waals surface area contributed by atoms with Crippen molar-refractivity contribution in [2.24, 2.45) is 5.41 Å². The summed E-state index contributed by atoms with van der Waals surface area (Å²) in [5.41, 5.74) is -0.306. The van der Waals surface area contributed by atoms with Crippen LogP contribution in [0.25, 0.3) is 0 Å². The van der Waals surface area contributed by atoms with Gasteiger partial charge in [-0.2, -0.15) is 5.26 Å². The minimum atomic E-state index is -1.09. The van der Waals surface area contributed by atoms with Crippen LogP contribution >= 0.6 is 0 Å². The predicted octanol–water partition coefficient (Wildman–Crippen LogP) is 2.83. The molecule has 0 aliphatic heterocycles. The number of esters is 1. The maximum Gasteiger partial charge on any atom is 0.330 e. The number of hydrogen-bond acceptors (Lipinski definition) is 3. The van der Waals surface area contributed by atoms with Crippen LogP contribution in [0.5, 0.6) is 0 Å². The second-order valence-electron chi connectivity index (χ2n) is 3.39. The van der Waals surface area contributed by atoms with Crippen molar-refractivity contribution in [3.05, 3.63) is 11.6 Å². The van der Waals surface area contributed by atoms with Crippen molar-refractivity contribution in [3.63, 3.8) is 0 Å². The molecule has 0 rings (SSSR count). The van der Waals surface area contributed by atoms with E-state index in [9.17, 15) is 10.1 Å². The molecule has 0 aromatic heterocycles. The average molecular weight is 209 g/mol. The minimum Gasteiger partial charge on any atom is -0.465 e. The third-order valence-electron chi connectivity index (χ3n) is 2.53. The Morgan fingerprint density at radius 1 is 1.47 bits per heavy atom. The molecule has 3 heteroatoms. The molecule has 0 fully saturated rings. The Kier molecular flexibility index (Phi) is 5.69. The highest BCUT2D eigenvalue weighted by Crippen LogP contribution is 2.32. The van der Waals surface area contributed by atoms with Crippen LogP contribution in [0.1, 0.15) is 40.5 Å². The molecule has 0 saturated carbocycles. The summed E-state index contributed by atoms with van der Waals surface area (Å²) in [6.45, 7) is 7.67. The van der Waals surface area contributed by atoms with E-state index in [-0.39, 0.29) is 0 Å². The standard InChI is InChI=1S/C12H19NO2/c1-5-8-10(4)12(6-2,9-13)11(14)15-7-3/h8H,5-7H2,1-4H3/b10-8+/t12-/m1/s1. The van der Waals surface area contributed by atoms with E-state index in [0.717, 1.165) is 12.0 Å². The van der Waals surface area contributed by atoms with E-state index >= 15 is 0 Å². The Morgan fingerprint density at radius 3 is 2.40 bits per heavy atom. The van der Waals surface area contributed by atoms with Gasteiger partial charge in [0.15, 0.2) is 5.41 Å². The SMILES string of the molecule is CC/C=C(\C)[C@](C#N)(CC)C(=O)OCC.